The summed E-state index contributed by atoms with van der Waals surface area (Å²) < 4.78 is 10.8. The zero-order valence-corrected chi connectivity index (χ0v) is 15.2. The van der Waals surface area contributed by atoms with E-state index >= 15 is 0 Å². The van der Waals surface area contributed by atoms with Gasteiger partial charge in [-0.2, -0.15) is 0 Å². The van der Waals surface area contributed by atoms with E-state index in [-0.39, 0.29) is 5.91 Å². The second-order valence-corrected chi connectivity index (χ2v) is 7.18. The molecule has 2 aromatic rings. The number of furan rings is 1. The van der Waals surface area contributed by atoms with Crippen molar-refractivity contribution in [2.45, 2.75) is 44.2 Å². The van der Waals surface area contributed by atoms with Gasteiger partial charge in [0.15, 0.2) is 5.76 Å². The summed E-state index contributed by atoms with van der Waals surface area (Å²) in [4.78, 5) is 14.3. The average molecular weight is 354 g/mol. The Morgan fingerprint density at radius 2 is 2.04 bits per heavy atom. The van der Waals surface area contributed by atoms with E-state index in [4.69, 9.17) is 9.15 Å². The summed E-state index contributed by atoms with van der Waals surface area (Å²) in [6.07, 6.45) is 6.93. The molecule has 2 aliphatic rings. The number of piperidine rings is 1. The molecule has 0 saturated carbocycles. The fraction of sp³-hybridized carbons (Fsp3) is 0.476. The summed E-state index contributed by atoms with van der Waals surface area (Å²) in [5.41, 5.74) is 2.73. The third-order valence-electron chi connectivity index (χ3n) is 5.64. The Hall–Kier alpha value is -2.27. The fourth-order valence-electron chi connectivity index (χ4n) is 4.27. The maximum atomic E-state index is 12.4. The van der Waals surface area contributed by atoms with Crippen LogP contribution in [0.15, 0.2) is 41.0 Å². The molecule has 0 spiro atoms. The highest BCUT2D eigenvalue weighted by atomic mass is 16.5. The van der Waals surface area contributed by atoms with Crippen molar-refractivity contribution >= 4 is 5.91 Å². The van der Waals surface area contributed by atoms with E-state index < -0.39 is 0 Å². The number of methoxy groups -OCH3 is 1. The number of carbonyl (C=O) groups excluding carboxylic acids is 1. The van der Waals surface area contributed by atoms with E-state index in [1.807, 2.05) is 4.90 Å². The molecule has 1 atom stereocenters. The van der Waals surface area contributed by atoms with Gasteiger partial charge in [0.25, 0.3) is 5.91 Å². The van der Waals surface area contributed by atoms with Crippen molar-refractivity contribution < 1.29 is 13.9 Å². The quantitative estimate of drug-likeness (QED) is 0.912. The zero-order chi connectivity index (χ0) is 17.9. The molecule has 4 rings (SSSR count). The van der Waals surface area contributed by atoms with Crippen LogP contribution in [0.3, 0.4) is 0 Å². The van der Waals surface area contributed by atoms with Crippen molar-refractivity contribution in [3.05, 3.63) is 53.5 Å². The first-order chi connectivity index (χ1) is 12.8. The minimum Gasteiger partial charge on any atom is -0.496 e. The lowest BCUT2D eigenvalue weighted by Gasteiger charge is -2.36. The molecule has 1 fully saturated rings. The summed E-state index contributed by atoms with van der Waals surface area (Å²) in [6, 6.07) is 10.7. The minimum atomic E-state index is 0.00111. The smallest absolute Gasteiger partial charge is 0.289 e. The van der Waals surface area contributed by atoms with Crippen LogP contribution in [0.4, 0.5) is 0 Å². The Morgan fingerprint density at radius 1 is 1.19 bits per heavy atom. The van der Waals surface area contributed by atoms with Crippen LogP contribution < -0.4 is 10.1 Å². The SMILES string of the molecule is COc1cccc2c1CCCC2NC1CCN(C(=O)c2ccco2)CC1. The molecule has 1 unspecified atom stereocenters. The van der Waals surface area contributed by atoms with Crippen molar-refractivity contribution in [2.75, 3.05) is 20.2 Å². The number of amides is 1. The Bertz CT molecular complexity index is 749. The number of ether oxygens (including phenoxy) is 1. The average Bonchev–Trinajstić information content (AvgIpc) is 3.23. The number of carbonyl (C=O) groups is 1. The first kappa shape index (κ1) is 17.2. The number of nitrogens with zero attached hydrogens (tertiary/aromatic N) is 1. The third-order valence-corrected chi connectivity index (χ3v) is 5.64. The van der Waals surface area contributed by atoms with Gasteiger partial charge < -0.3 is 19.4 Å². The van der Waals surface area contributed by atoms with Gasteiger partial charge in [-0.1, -0.05) is 12.1 Å². The van der Waals surface area contributed by atoms with Crippen LogP contribution in [-0.4, -0.2) is 37.0 Å². The maximum Gasteiger partial charge on any atom is 0.289 e. The molecule has 2 heterocycles. The third kappa shape index (κ3) is 3.36. The number of fused-ring (bicyclic) bond motifs is 1. The molecule has 1 N–H and O–H groups in total. The van der Waals surface area contributed by atoms with Crippen LogP contribution in [0.1, 0.15) is 53.4 Å². The number of rotatable bonds is 4. The van der Waals surface area contributed by atoms with Gasteiger partial charge in [0, 0.05) is 25.2 Å². The van der Waals surface area contributed by atoms with Gasteiger partial charge in [-0.15, -0.1) is 0 Å². The lowest BCUT2D eigenvalue weighted by atomic mass is 9.86. The predicted octanol–water partition coefficient (Wildman–Crippen LogP) is 3.56. The number of hydrogen-bond acceptors (Lipinski definition) is 4. The molecule has 5 nitrogen and oxygen atoms in total. The molecule has 1 amide bonds. The topological polar surface area (TPSA) is 54.7 Å². The molecule has 1 aromatic heterocycles. The van der Waals surface area contributed by atoms with Gasteiger partial charge in [0.1, 0.15) is 5.75 Å². The summed E-state index contributed by atoms with van der Waals surface area (Å²) in [7, 11) is 1.75. The van der Waals surface area contributed by atoms with Crippen LogP contribution in [0, 0.1) is 0 Å². The molecule has 5 heteroatoms. The molecule has 1 aromatic carbocycles. The fourth-order valence-corrected chi connectivity index (χ4v) is 4.27. The van der Waals surface area contributed by atoms with Crippen LogP contribution in [0.5, 0.6) is 5.75 Å². The molecule has 26 heavy (non-hydrogen) atoms. The number of benzene rings is 1. The highest BCUT2D eigenvalue weighted by molar-refractivity contribution is 5.91. The highest BCUT2D eigenvalue weighted by Gasteiger charge is 2.29. The van der Waals surface area contributed by atoms with Gasteiger partial charge in [-0.3, -0.25) is 4.79 Å². The monoisotopic (exact) mass is 354 g/mol. The second kappa shape index (κ2) is 7.54. The summed E-state index contributed by atoms with van der Waals surface area (Å²) in [5, 5.41) is 3.84. The summed E-state index contributed by atoms with van der Waals surface area (Å²) in [5.74, 6) is 1.44. The summed E-state index contributed by atoms with van der Waals surface area (Å²) in [6.45, 7) is 1.55. The van der Waals surface area contributed by atoms with Gasteiger partial charge in [-0.25, -0.2) is 0 Å². The lowest BCUT2D eigenvalue weighted by molar-refractivity contribution is 0.0668. The Labute approximate surface area is 154 Å². The largest absolute Gasteiger partial charge is 0.496 e. The number of nitrogens with one attached hydrogen (secondary N) is 1. The van der Waals surface area contributed by atoms with Crippen LogP contribution in [-0.2, 0) is 6.42 Å². The number of likely N-dealkylation sites (tertiary alicyclic amines) is 1. The Kier molecular flexibility index (Phi) is 4.98. The van der Waals surface area contributed by atoms with E-state index in [1.54, 1.807) is 25.5 Å². The van der Waals surface area contributed by atoms with Crippen molar-refractivity contribution in [1.82, 2.24) is 10.2 Å². The minimum absolute atomic E-state index is 0.00111. The zero-order valence-electron chi connectivity index (χ0n) is 15.2. The van der Waals surface area contributed by atoms with E-state index in [1.165, 1.54) is 17.5 Å². The van der Waals surface area contributed by atoms with Gasteiger partial charge in [0.05, 0.1) is 13.4 Å². The molecule has 1 aliphatic carbocycles. The Morgan fingerprint density at radius 3 is 2.77 bits per heavy atom. The maximum absolute atomic E-state index is 12.4. The van der Waals surface area contributed by atoms with Crippen LogP contribution in [0.2, 0.25) is 0 Å². The lowest BCUT2D eigenvalue weighted by Crippen LogP contribution is -2.46. The molecule has 138 valence electrons. The van der Waals surface area contributed by atoms with Crippen LogP contribution >= 0.6 is 0 Å². The second-order valence-electron chi connectivity index (χ2n) is 7.18. The predicted molar refractivity (Wildman–Crippen MR) is 99.4 cm³/mol. The van der Waals surface area contributed by atoms with Crippen molar-refractivity contribution in [3.63, 3.8) is 0 Å². The number of hydrogen-bond donors (Lipinski definition) is 1. The van der Waals surface area contributed by atoms with Crippen molar-refractivity contribution in [1.29, 1.82) is 0 Å². The molecular formula is C21H26N2O3. The Balaban J connectivity index is 1.38. The molecule has 0 bridgehead atoms. The summed E-state index contributed by atoms with van der Waals surface area (Å²) >= 11 is 0. The highest BCUT2D eigenvalue weighted by Crippen LogP contribution is 2.36. The van der Waals surface area contributed by atoms with Crippen LogP contribution in [0.25, 0.3) is 0 Å². The van der Waals surface area contributed by atoms with E-state index in [0.29, 0.717) is 17.8 Å². The first-order valence-corrected chi connectivity index (χ1v) is 9.51. The molecule has 1 saturated heterocycles. The van der Waals surface area contributed by atoms with E-state index in [2.05, 4.69) is 23.5 Å². The van der Waals surface area contributed by atoms with Gasteiger partial charge in [-0.05, 0) is 61.4 Å². The molecular weight excluding hydrogens is 328 g/mol. The molecule has 1 aliphatic heterocycles. The van der Waals surface area contributed by atoms with Gasteiger partial charge in [0.2, 0.25) is 0 Å². The normalized spacial score (nSPS) is 20.7. The van der Waals surface area contributed by atoms with E-state index in [9.17, 15) is 4.79 Å². The van der Waals surface area contributed by atoms with Crippen molar-refractivity contribution in [2.24, 2.45) is 0 Å². The molecule has 0 radical (unpaired) electrons. The standard InChI is InChI=1S/C21H26N2O3/c1-25-19-8-3-5-16-17(19)6-2-7-18(16)22-15-10-12-23(13-11-15)21(24)20-9-4-14-26-20/h3-5,8-9,14-15,18,22H,2,6-7,10-13H2,1H3. The van der Waals surface area contributed by atoms with E-state index in [0.717, 1.165) is 44.5 Å². The van der Waals surface area contributed by atoms with Gasteiger partial charge >= 0.3 is 0 Å². The van der Waals surface area contributed by atoms with Crippen molar-refractivity contribution in [3.8, 4) is 5.75 Å². The first-order valence-electron chi connectivity index (χ1n) is 9.51.